The van der Waals surface area contributed by atoms with Crippen molar-refractivity contribution in [1.29, 1.82) is 0 Å². The molecule has 5 nitrogen and oxygen atoms in total. The summed E-state index contributed by atoms with van der Waals surface area (Å²) in [6.07, 6.45) is 2.40. The molecule has 72 valence electrons. The zero-order valence-corrected chi connectivity index (χ0v) is 7.66. The lowest BCUT2D eigenvalue weighted by Crippen LogP contribution is -2.33. The molecule has 0 amide bonds. The fourth-order valence-corrected chi connectivity index (χ4v) is 1.75. The van der Waals surface area contributed by atoms with Crippen molar-refractivity contribution < 1.29 is 4.52 Å². The fraction of sp³-hybridized carbons (Fsp3) is 0.750. The molecule has 2 rings (SSSR count). The smallest absolute Gasteiger partial charge is 0.260 e. The molecule has 1 aliphatic rings. The highest BCUT2D eigenvalue weighted by atomic mass is 16.5. The van der Waals surface area contributed by atoms with Gasteiger partial charge >= 0.3 is 0 Å². The van der Waals surface area contributed by atoms with Crippen molar-refractivity contribution in [2.75, 3.05) is 12.3 Å². The van der Waals surface area contributed by atoms with Crippen molar-refractivity contribution in [3.05, 3.63) is 5.89 Å². The van der Waals surface area contributed by atoms with Crippen molar-refractivity contribution >= 4 is 5.95 Å². The molecule has 1 saturated heterocycles. The second-order valence-corrected chi connectivity index (χ2v) is 3.54. The maximum Gasteiger partial charge on any atom is 0.260 e. The number of hydrogen-bond donors (Lipinski definition) is 2. The lowest BCUT2D eigenvalue weighted by atomic mass is 9.93. The summed E-state index contributed by atoms with van der Waals surface area (Å²) in [6.45, 7) is 3.19. The first-order valence-electron chi connectivity index (χ1n) is 4.60. The number of hydrogen-bond acceptors (Lipinski definition) is 5. The van der Waals surface area contributed by atoms with Gasteiger partial charge < -0.3 is 15.6 Å². The SMILES string of the molecule is CC1CCCNC1c1nc(N)no1. The molecular weight excluding hydrogens is 168 g/mol. The molecule has 2 heterocycles. The highest BCUT2D eigenvalue weighted by molar-refractivity contribution is 5.12. The van der Waals surface area contributed by atoms with Gasteiger partial charge in [-0.15, -0.1) is 0 Å². The van der Waals surface area contributed by atoms with E-state index in [4.69, 9.17) is 10.3 Å². The topological polar surface area (TPSA) is 77.0 Å². The minimum Gasteiger partial charge on any atom is -0.365 e. The van der Waals surface area contributed by atoms with Crippen molar-refractivity contribution in [3.63, 3.8) is 0 Å². The number of nitrogens with two attached hydrogens (primary N) is 1. The zero-order valence-electron chi connectivity index (χ0n) is 7.66. The van der Waals surface area contributed by atoms with Gasteiger partial charge in [0.25, 0.3) is 5.95 Å². The van der Waals surface area contributed by atoms with E-state index in [9.17, 15) is 0 Å². The molecule has 5 heteroatoms. The summed E-state index contributed by atoms with van der Waals surface area (Å²) >= 11 is 0. The largest absolute Gasteiger partial charge is 0.365 e. The molecule has 1 aliphatic heterocycles. The Morgan fingerprint density at radius 2 is 2.46 bits per heavy atom. The molecule has 0 saturated carbocycles. The number of nitrogens with zero attached hydrogens (tertiary/aromatic N) is 2. The Balaban J connectivity index is 2.14. The third-order valence-electron chi connectivity index (χ3n) is 2.49. The van der Waals surface area contributed by atoms with E-state index in [0.717, 1.165) is 6.54 Å². The van der Waals surface area contributed by atoms with Gasteiger partial charge in [-0.25, -0.2) is 0 Å². The van der Waals surface area contributed by atoms with Gasteiger partial charge in [0.05, 0.1) is 6.04 Å². The summed E-state index contributed by atoms with van der Waals surface area (Å²) in [7, 11) is 0. The zero-order chi connectivity index (χ0) is 9.26. The number of piperidine rings is 1. The van der Waals surface area contributed by atoms with Gasteiger partial charge in [0.2, 0.25) is 5.89 Å². The Hall–Kier alpha value is -1.10. The van der Waals surface area contributed by atoms with Gasteiger partial charge in [-0.05, 0) is 30.5 Å². The molecular formula is C8H14N4O. The summed E-state index contributed by atoms with van der Waals surface area (Å²) < 4.78 is 5.03. The molecule has 2 atom stereocenters. The fourth-order valence-electron chi connectivity index (χ4n) is 1.75. The normalized spacial score (nSPS) is 29.0. The van der Waals surface area contributed by atoms with Gasteiger partial charge in [-0.1, -0.05) is 6.92 Å². The van der Waals surface area contributed by atoms with Crippen LogP contribution in [0.1, 0.15) is 31.7 Å². The maximum absolute atomic E-state index is 5.39. The summed E-state index contributed by atoms with van der Waals surface area (Å²) in [5, 5.41) is 6.92. The predicted octanol–water partition coefficient (Wildman–Crippen LogP) is 0.712. The van der Waals surface area contributed by atoms with Crippen molar-refractivity contribution in [3.8, 4) is 0 Å². The van der Waals surface area contributed by atoms with Gasteiger partial charge in [0.15, 0.2) is 0 Å². The second kappa shape index (κ2) is 3.33. The van der Waals surface area contributed by atoms with Gasteiger partial charge in [0.1, 0.15) is 0 Å². The molecule has 0 bridgehead atoms. The molecule has 0 radical (unpaired) electrons. The van der Waals surface area contributed by atoms with Crippen LogP contribution in [0.3, 0.4) is 0 Å². The minimum atomic E-state index is 0.179. The number of rotatable bonds is 1. The average Bonchev–Trinajstić information content (AvgIpc) is 2.53. The van der Waals surface area contributed by atoms with Crippen LogP contribution in [0.5, 0.6) is 0 Å². The molecule has 1 aromatic rings. The first-order chi connectivity index (χ1) is 6.27. The number of nitrogens with one attached hydrogen (secondary N) is 1. The Labute approximate surface area is 76.7 Å². The standard InChI is InChI=1S/C8H14N4O/c1-5-3-2-4-10-6(5)7-11-8(9)12-13-7/h5-6,10H,2-4H2,1H3,(H2,9,12). The minimum absolute atomic E-state index is 0.179. The first kappa shape index (κ1) is 8.50. The van der Waals surface area contributed by atoms with E-state index in [0.29, 0.717) is 11.8 Å². The lowest BCUT2D eigenvalue weighted by Gasteiger charge is -2.26. The quantitative estimate of drug-likeness (QED) is 0.669. The van der Waals surface area contributed by atoms with Gasteiger partial charge in [-0.2, -0.15) is 4.98 Å². The Kier molecular flexibility index (Phi) is 2.18. The van der Waals surface area contributed by atoms with Crippen LogP contribution in [0.25, 0.3) is 0 Å². The number of nitrogen functional groups attached to an aromatic ring is 1. The van der Waals surface area contributed by atoms with Crippen molar-refractivity contribution in [2.24, 2.45) is 5.92 Å². The molecule has 0 aliphatic carbocycles. The highest BCUT2D eigenvalue weighted by Gasteiger charge is 2.26. The van der Waals surface area contributed by atoms with Crippen LogP contribution in [0.2, 0.25) is 0 Å². The van der Waals surface area contributed by atoms with Crippen LogP contribution in [0.4, 0.5) is 5.95 Å². The molecule has 3 N–H and O–H groups in total. The summed E-state index contributed by atoms with van der Waals surface area (Å²) in [5.41, 5.74) is 5.39. The van der Waals surface area contributed by atoms with Gasteiger partial charge in [0, 0.05) is 0 Å². The summed E-state index contributed by atoms with van der Waals surface area (Å²) in [5.74, 6) is 1.37. The van der Waals surface area contributed by atoms with E-state index >= 15 is 0 Å². The monoisotopic (exact) mass is 182 g/mol. The van der Waals surface area contributed by atoms with Crippen LogP contribution in [-0.4, -0.2) is 16.7 Å². The number of aromatic nitrogens is 2. The molecule has 0 spiro atoms. The number of anilines is 1. The first-order valence-corrected chi connectivity index (χ1v) is 4.60. The summed E-state index contributed by atoms with van der Waals surface area (Å²) in [6, 6.07) is 0.179. The molecule has 1 aromatic heterocycles. The van der Waals surface area contributed by atoms with E-state index in [1.54, 1.807) is 0 Å². The van der Waals surface area contributed by atoms with Crippen LogP contribution < -0.4 is 11.1 Å². The van der Waals surface area contributed by atoms with Gasteiger partial charge in [-0.3, -0.25) is 0 Å². The van der Waals surface area contributed by atoms with E-state index < -0.39 is 0 Å². The van der Waals surface area contributed by atoms with Crippen LogP contribution >= 0.6 is 0 Å². The highest BCUT2D eigenvalue weighted by Crippen LogP contribution is 2.27. The molecule has 1 fully saturated rings. The van der Waals surface area contributed by atoms with Crippen molar-refractivity contribution in [1.82, 2.24) is 15.5 Å². The van der Waals surface area contributed by atoms with Crippen LogP contribution in [-0.2, 0) is 0 Å². The molecule has 13 heavy (non-hydrogen) atoms. The van der Waals surface area contributed by atoms with Crippen molar-refractivity contribution in [2.45, 2.75) is 25.8 Å². The lowest BCUT2D eigenvalue weighted by molar-refractivity contribution is 0.239. The van der Waals surface area contributed by atoms with Crippen LogP contribution in [0, 0.1) is 5.92 Å². The Morgan fingerprint density at radius 3 is 3.08 bits per heavy atom. The maximum atomic E-state index is 5.39. The van der Waals surface area contributed by atoms with E-state index in [1.165, 1.54) is 12.8 Å². The van der Waals surface area contributed by atoms with Crippen LogP contribution in [0.15, 0.2) is 4.52 Å². The molecule has 2 unspecified atom stereocenters. The Bertz CT molecular complexity index is 285. The Morgan fingerprint density at radius 1 is 1.62 bits per heavy atom. The third-order valence-corrected chi connectivity index (χ3v) is 2.49. The summed E-state index contributed by atoms with van der Waals surface area (Å²) in [4.78, 5) is 4.02. The second-order valence-electron chi connectivity index (χ2n) is 3.54. The predicted molar refractivity (Wildman–Crippen MR) is 47.9 cm³/mol. The van der Waals surface area contributed by atoms with E-state index in [2.05, 4.69) is 22.4 Å². The average molecular weight is 182 g/mol. The molecule has 0 aromatic carbocycles. The third kappa shape index (κ3) is 1.65. The van der Waals surface area contributed by atoms with E-state index in [-0.39, 0.29) is 12.0 Å². The van der Waals surface area contributed by atoms with E-state index in [1.807, 2.05) is 0 Å².